The minimum atomic E-state index is -0.0477. The summed E-state index contributed by atoms with van der Waals surface area (Å²) in [7, 11) is 0. The molecule has 0 heterocycles. The summed E-state index contributed by atoms with van der Waals surface area (Å²) in [6.07, 6.45) is 3.50. The molecule has 1 unspecified atom stereocenters. The van der Waals surface area contributed by atoms with Gasteiger partial charge < -0.3 is 10.4 Å². The molecule has 0 aliphatic rings. The summed E-state index contributed by atoms with van der Waals surface area (Å²) in [6, 6.07) is 7.38. The molecule has 0 fully saturated rings. The lowest BCUT2D eigenvalue weighted by molar-refractivity contribution is 0.0939. The number of carbonyl (C=O) groups excluding carboxylic acids is 1. The number of aliphatic hydroxyl groups is 1. The maximum atomic E-state index is 12.0. The summed E-state index contributed by atoms with van der Waals surface area (Å²) in [5.74, 6) is 6.78. The highest BCUT2D eigenvalue weighted by molar-refractivity contribution is 7.98. The smallest absolute Gasteiger partial charge is 0.251 e. The van der Waals surface area contributed by atoms with Crippen molar-refractivity contribution in [1.29, 1.82) is 0 Å². The number of aliphatic hydroxyl groups excluding tert-OH is 1. The van der Waals surface area contributed by atoms with E-state index in [0.717, 1.165) is 17.7 Å². The zero-order valence-corrected chi connectivity index (χ0v) is 12.8. The van der Waals surface area contributed by atoms with Crippen molar-refractivity contribution in [1.82, 2.24) is 5.32 Å². The fourth-order valence-electron chi connectivity index (χ4n) is 1.60. The molecule has 3 nitrogen and oxygen atoms in total. The normalized spacial score (nSPS) is 11.3. The number of carbonyl (C=O) groups is 1. The molecule has 0 spiro atoms. The van der Waals surface area contributed by atoms with E-state index >= 15 is 0 Å². The summed E-state index contributed by atoms with van der Waals surface area (Å²) >= 11 is 1.78. The lowest BCUT2D eigenvalue weighted by atomic mass is 10.1. The fourth-order valence-corrected chi connectivity index (χ4v) is 2.19. The molecule has 0 radical (unpaired) electrons. The van der Waals surface area contributed by atoms with Gasteiger partial charge in [0.2, 0.25) is 0 Å². The van der Waals surface area contributed by atoms with Gasteiger partial charge in [-0.2, -0.15) is 11.8 Å². The van der Waals surface area contributed by atoms with Gasteiger partial charge in [0.25, 0.3) is 5.91 Å². The molecule has 1 amide bonds. The van der Waals surface area contributed by atoms with Gasteiger partial charge in [-0.05, 0) is 49.6 Å². The van der Waals surface area contributed by atoms with E-state index in [0.29, 0.717) is 12.0 Å². The molecular formula is C16H21NO2S. The Balaban J connectivity index is 2.55. The van der Waals surface area contributed by atoms with Crippen LogP contribution in [0.2, 0.25) is 0 Å². The van der Waals surface area contributed by atoms with Crippen molar-refractivity contribution in [3.8, 4) is 11.8 Å². The zero-order chi connectivity index (χ0) is 14.8. The monoisotopic (exact) mass is 291 g/mol. The maximum absolute atomic E-state index is 12.0. The predicted octanol–water partition coefficient (Wildman–Crippen LogP) is 2.29. The van der Waals surface area contributed by atoms with Gasteiger partial charge in [0, 0.05) is 23.6 Å². The van der Waals surface area contributed by atoms with Crippen molar-refractivity contribution in [2.24, 2.45) is 0 Å². The Morgan fingerprint density at radius 2 is 2.10 bits per heavy atom. The lowest BCUT2D eigenvalue weighted by Crippen LogP contribution is -2.32. The van der Waals surface area contributed by atoms with Crippen LogP contribution in [0.5, 0.6) is 0 Å². The van der Waals surface area contributed by atoms with Crippen LogP contribution in [0.4, 0.5) is 0 Å². The average Bonchev–Trinajstić information content (AvgIpc) is 2.46. The Morgan fingerprint density at radius 1 is 1.40 bits per heavy atom. The van der Waals surface area contributed by atoms with Gasteiger partial charge in [-0.1, -0.05) is 11.8 Å². The van der Waals surface area contributed by atoms with Crippen LogP contribution in [0.25, 0.3) is 0 Å². The molecule has 0 saturated heterocycles. The van der Waals surface area contributed by atoms with E-state index in [2.05, 4.69) is 23.4 Å². The van der Waals surface area contributed by atoms with Gasteiger partial charge in [-0.15, -0.1) is 0 Å². The quantitative estimate of drug-likeness (QED) is 0.791. The number of hydrogen-bond acceptors (Lipinski definition) is 3. The fraction of sp³-hybridized carbons (Fsp3) is 0.438. The van der Waals surface area contributed by atoms with Crippen molar-refractivity contribution >= 4 is 17.7 Å². The number of hydrogen-bond donors (Lipinski definition) is 2. The molecule has 1 aromatic carbocycles. The summed E-state index contributed by atoms with van der Waals surface area (Å²) in [6.45, 7) is 2.09. The largest absolute Gasteiger partial charge is 0.395 e. The molecule has 0 saturated carbocycles. The second-order valence-electron chi connectivity index (χ2n) is 4.51. The number of thioether (sulfide) groups is 1. The van der Waals surface area contributed by atoms with E-state index in [4.69, 9.17) is 5.11 Å². The van der Waals surface area contributed by atoms with Gasteiger partial charge in [0.15, 0.2) is 0 Å². The zero-order valence-electron chi connectivity index (χ0n) is 12.0. The third-order valence-electron chi connectivity index (χ3n) is 2.75. The molecule has 0 aromatic heterocycles. The first-order chi connectivity index (χ1) is 9.67. The van der Waals surface area contributed by atoms with E-state index in [-0.39, 0.29) is 18.6 Å². The Kier molecular flexibility index (Phi) is 7.86. The SMILES string of the molecule is CSCCC(C)NC(=O)c1ccc(C#CCCO)cc1. The first-order valence-electron chi connectivity index (χ1n) is 6.67. The number of nitrogens with one attached hydrogen (secondary N) is 1. The Labute approximate surface area is 125 Å². The third kappa shape index (κ3) is 6.14. The van der Waals surface area contributed by atoms with E-state index in [1.165, 1.54) is 0 Å². The van der Waals surface area contributed by atoms with Crippen LogP contribution < -0.4 is 5.32 Å². The van der Waals surface area contributed by atoms with Gasteiger partial charge in [-0.25, -0.2) is 0 Å². The summed E-state index contributed by atoms with van der Waals surface area (Å²) in [5.41, 5.74) is 1.50. The standard InChI is InChI=1S/C16H21NO2S/c1-13(10-12-20-2)17-16(19)15-8-6-14(7-9-15)5-3-4-11-18/h6-9,13,18H,4,10-12H2,1-2H3,(H,17,19). The van der Waals surface area contributed by atoms with Crippen LogP contribution in [0, 0.1) is 11.8 Å². The highest BCUT2D eigenvalue weighted by Crippen LogP contribution is 2.05. The van der Waals surface area contributed by atoms with Crippen molar-refractivity contribution in [2.75, 3.05) is 18.6 Å². The minimum absolute atomic E-state index is 0.0477. The second-order valence-corrected chi connectivity index (χ2v) is 5.49. The van der Waals surface area contributed by atoms with Crippen molar-refractivity contribution < 1.29 is 9.90 Å². The summed E-state index contributed by atoms with van der Waals surface area (Å²) in [4.78, 5) is 12.0. The molecule has 4 heteroatoms. The van der Waals surface area contributed by atoms with E-state index in [1.807, 2.05) is 19.1 Å². The first kappa shape index (κ1) is 16.6. The first-order valence-corrected chi connectivity index (χ1v) is 8.06. The molecule has 1 rings (SSSR count). The van der Waals surface area contributed by atoms with Crippen LogP contribution >= 0.6 is 11.8 Å². The van der Waals surface area contributed by atoms with Crippen LogP contribution in [0.15, 0.2) is 24.3 Å². The lowest BCUT2D eigenvalue weighted by Gasteiger charge is -2.13. The molecule has 0 aliphatic heterocycles. The number of benzene rings is 1. The maximum Gasteiger partial charge on any atom is 0.251 e. The van der Waals surface area contributed by atoms with E-state index < -0.39 is 0 Å². The third-order valence-corrected chi connectivity index (χ3v) is 3.39. The Morgan fingerprint density at radius 3 is 2.70 bits per heavy atom. The molecule has 0 aliphatic carbocycles. The number of rotatable bonds is 6. The second kappa shape index (κ2) is 9.46. The van der Waals surface area contributed by atoms with Crippen molar-refractivity contribution in [2.45, 2.75) is 25.8 Å². The minimum Gasteiger partial charge on any atom is -0.395 e. The topological polar surface area (TPSA) is 49.3 Å². The molecular weight excluding hydrogens is 270 g/mol. The highest BCUT2D eigenvalue weighted by atomic mass is 32.2. The van der Waals surface area contributed by atoms with Crippen molar-refractivity contribution in [3.63, 3.8) is 0 Å². The van der Waals surface area contributed by atoms with Gasteiger partial charge in [-0.3, -0.25) is 4.79 Å². The van der Waals surface area contributed by atoms with Crippen LogP contribution in [0.1, 0.15) is 35.7 Å². The molecule has 1 atom stereocenters. The van der Waals surface area contributed by atoms with Crippen LogP contribution in [-0.2, 0) is 0 Å². The van der Waals surface area contributed by atoms with Crippen molar-refractivity contribution in [3.05, 3.63) is 35.4 Å². The Bertz CT molecular complexity index is 473. The van der Waals surface area contributed by atoms with Crippen LogP contribution in [0.3, 0.4) is 0 Å². The van der Waals surface area contributed by atoms with E-state index in [9.17, 15) is 4.79 Å². The molecule has 20 heavy (non-hydrogen) atoms. The predicted molar refractivity (Wildman–Crippen MR) is 85.0 cm³/mol. The van der Waals surface area contributed by atoms with Gasteiger partial charge in [0.1, 0.15) is 0 Å². The molecule has 1 aromatic rings. The molecule has 108 valence electrons. The Hall–Kier alpha value is -1.44. The molecule has 0 bridgehead atoms. The van der Waals surface area contributed by atoms with Crippen LogP contribution in [-0.4, -0.2) is 35.7 Å². The highest BCUT2D eigenvalue weighted by Gasteiger charge is 2.08. The average molecular weight is 291 g/mol. The number of amides is 1. The van der Waals surface area contributed by atoms with E-state index in [1.54, 1.807) is 23.9 Å². The van der Waals surface area contributed by atoms with Gasteiger partial charge >= 0.3 is 0 Å². The summed E-state index contributed by atoms with van der Waals surface area (Å²) in [5, 5.41) is 11.6. The van der Waals surface area contributed by atoms with Gasteiger partial charge in [0.05, 0.1) is 6.61 Å². The summed E-state index contributed by atoms with van der Waals surface area (Å²) < 4.78 is 0. The molecule has 2 N–H and O–H groups in total.